The number of hydrogen-bond donors (Lipinski definition) is 0. The molecule has 0 saturated heterocycles. The Morgan fingerprint density at radius 1 is 0.333 bits per heavy atom. The number of aryl methyl sites for hydroxylation is 2. The molecule has 4 unspecified atom stereocenters. The molecule has 4 spiro atoms. The van der Waals surface area contributed by atoms with Crippen molar-refractivity contribution < 1.29 is 18.3 Å². The van der Waals surface area contributed by atoms with Crippen LogP contribution >= 0.6 is 0 Å². The molecule has 4 heteroatoms. The van der Waals surface area contributed by atoms with Gasteiger partial charge in [-0.15, -0.1) is 0 Å². The minimum atomic E-state index is 0.419. The summed E-state index contributed by atoms with van der Waals surface area (Å²) in [6, 6.07) is 59.4. The van der Waals surface area contributed by atoms with E-state index in [1.165, 1.54) is 177 Å². The van der Waals surface area contributed by atoms with Gasteiger partial charge in [0.15, 0.2) is 73.7 Å². The molecule has 12 aliphatic rings. The summed E-state index contributed by atoms with van der Waals surface area (Å²) in [6.45, 7) is 4.19. The lowest BCUT2D eigenvalue weighted by Gasteiger charge is -2.59. The third-order valence-corrected chi connectivity index (χ3v) is 24.2. The van der Waals surface area contributed by atoms with E-state index < -0.39 is 0 Å². The van der Waals surface area contributed by atoms with Crippen LogP contribution in [0.1, 0.15) is 187 Å². The van der Waals surface area contributed by atoms with E-state index in [0.29, 0.717) is 21.7 Å². The summed E-state index contributed by atoms with van der Waals surface area (Å²) in [4.78, 5) is 0. The zero-order chi connectivity index (χ0) is 55.7. The lowest BCUT2D eigenvalue weighted by molar-refractivity contribution is -0.699. The summed E-state index contributed by atoms with van der Waals surface area (Å²) in [5, 5.41) is 0. The van der Waals surface area contributed by atoms with Gasteiger partial charge < -0.3 is 0 Å². The first kappa shape index (κ1) is 53.0. The molecule has 8 heterocycles. The molecule has 4 nitrogen and oxygen atoms in total. The zero-order valence-corrected chi connectivity index (χ0v) is 50.2. The molecule has 0 amide bonds. The second-order valence-electron chi connectivity index (χ2n) is 29.3. The third-order valence-electron chi connectivity index (χ3n) is 24.2. The summed E-state index contributed by atoms with van der Waals surface area (Å²) in [6.07, 6.45) is 42.2. The van der Waals surface area contributed by atoms with Gasteiger partial charge in [-0.1, -0.05) is 141 Å². The van der Waals surface area contributed by atoms with Crippen LogP contribution in [-0.2, 0) is 83.0 Å². The Balaban J connectivity index is 0.0000000917. The molecule has 6 fully saturated rings. The summed E-state index contributed by atoms with van der Waals surface area (Å²) < 4.78 is 10.0. The van der Waals surface area contributed by atoms with Gasteiger partial charge in [-0.2, -0.15) is 18.3 Å². The quantitative estimate of drug-likeness (QED) is 0.135. The normalized spacial score (nSPS) is 26.7. The van der Waals surface area contributed by atoms with Crippen LogP contribution in [0.5, 0.6) is 0 Å². The molecule has 0 N–H and O–H groups in total. The second kappa shape index (κ2) is 21.8. The number of fused-ring (bicyclic) bond motifs is 6. The van der Waals surface area contributed by atoms with Crippen LogP contribution in [0.2, 0.25) is 0 Å². The largest absolute Gasteiger partial charge is 0.198 e. The van der Waals surface area contributed by atoms with Crippen molar-refractivity contribution in [2.24, 2.45) is 34.0 Å². The maximum Gasteiger partial charge on any atom is 0.188 e. The molecule has 0 radical (unpaired) electrons. The predicted octanol–water partition coefficient (Wildman–Crippen LogP) is 14.9. The van der Waals surface area contributed by atoms with Gasteiger partial charge in [0.1, 0.15) is 0 Å². The SMILES string of the molecule is c1cc2c3c(c1)C[n+]1cccc4c1CC(CC2)(CC4)C3.c1ccc2c(c1)C[n+]1ccccc1C13CC4CC(CC(C4)C21)C3.c1ccc2c(c1)C[n+]1ccccc1CC1(CCCC1)C2.c1ccc2c(c1)C[n+]1ccccc1CC1(CCCCC1)C2. The predicted molar refractivity (Wildman–Crippen MR) is 334 cm³/mol. The van der Waals surface area contributed by atoms with E-state index in [4.69, 9.17) is 0 Å². The summed E-state index contributed by atoms with van der Waals surface area (Å²) in [5.41, 5.74) is 24.2. The Morgan fingerprint density at radius 3 is 1.49 bits per heavy atom. The van der Waals surface area contributed by atoms with Crippen molar-refractivity contribution in [1.82, 2.24) is 0 Å². The molecule has 4 atom stereocenters. The van der Waals surface area contributed by atoms with Crippen molar-refractivity contribution in [1.29, 1.82) is 0 Å². The summed E-state index contributed by atoms with van der Waals surface area (Å²) in [7, 11) is 0. The first-order valence-electron chi connectivity index (χ1n) is 33.6. The molecule has 7 bridgehead atoms. The van der Waals surface area contributed by atoms with Gasteiger partial charge in [0.2, 0.25) is 0 Å². The highest BCUT2D eigenvalue weighted by Crippen LogP contribution is 2.67. The number of hydrogen-bond acceptors (Lipinski definition) is 0. The molecule has 8 aliphatic carbocycles. The van der Waals surface area contributed by atoms with Gasteiger partial charge in [0.25, 0.3) is 0 Å². The Kier molecular flexibility index (Phi) is 13.7. The van der Waals surface area contributed by atoms with Gasteiger partial charge in [-0.3, -0.25) is 0 Å². The van der Waals surface area contributed by atoms with Crippen LogP contribution in [0.15, 0.2) is 183 Å². The second-order valence-corrected chi connectivity index (χ2v) is 29.3. The standard InChI is InChI=1S/C22H24N.C20H24N.C19H20N.C19H22N/c1-2-6-19-17(5-1)14-23-8-4-3-7-20(23)22-12-15-9-16(13-22)11-18(10-15)21(19)22;1-5-11-20(12-6-1)14-17-8-2-3-9-18(17)16-21-13-7-4-10-19(21)15-20;1-3-14-6-8-19-9-7-15-5-2-10-20(18(15)12-19)13-16(4-1)17(14)11-19;1-2-8-17-15-20-12-6-3-9-18(20)14-19(10-4-5-11-19)13-16(17)7-1/h1-8,15-16,18,21H,9-14H2;2-4,7-10,13H,1,5-6,11-12,14-16H2;1-5,10H,6-9,11-13H2;1-3,6-9,12H,4-5,10-11,13-15H2/q4*+1. The smallest absolute Gasteiger partial charge is 0.188 e. The van der Waals surface area contributed by atoms with E-state index in [1.54, 1.807) is 55.9 Å². The highest BCUT2D eigenvalue weighted by molar-refractivity contribution is 5.42. The van der Waals surface area contributed by atoms with Crippen molar-refractivity contribution >= 4 is 0 Å². The topological polar surface area (TPSA) is 15.5 Å². The molecular formula is C80H90N4+4. The minimum Gasteiger partial charge on any atom is -0.198 e. The zero-order valence-electron chi connectivity index (χ0n) is 50.2. The number of aromatic nitrogens is 4. The monoisotopic (exact) mass is 1110 g/mol. The molecule has 84 heavy (non-hydrogen) atoms. The number of benzene rings is 4. The van der Waals surface area contributed by atoms with Crippen LogP contribution in [0.25, 0.3) is 0 Å². The fourth-order valence-electron chi connectivity index (χ4n) is 20.6. The number of nitrogens with zero attached hydrogens (tertiary/aromatic N) is 4. The van der Waals surface area contributed by atoms with Crippen molar-refractivity contribution in [2.45, 2.75) is 192 Å². The summed E-state index contributed by atoms with van der Waals surface area (Å²) in [5.74, 6) is 3.67. The van der Waals surface area contributed by atoms with Crippen molar-refractivity contribution in [3.8, 4) is 0 Å². The van der Waals surface area contributed by atoms with Gasteiger partial charge in [-0.05, 0) is 171 Å². The van der Waals surface area contributed by atoms with E-state index in [9.17, 15) is 0 Å². The molecular weight excluding hydrogens is 1020 g/mol. The highest BCUT2D eigenvalue weighted by Gasteiger charge is 2.62. The Bertz CT molecular complexity index is 3570. The van der Waals surface area contributed by atoms with Crippen LogP contribution in [0, 0.1) is 34.0 Å². The molecule has 8 aromatic rings. The van der Waals surface area contributed by atoms with Crippen molar-refractivity contribution in [3.63, 3.8) is 0 Å². The third kappa shape index (κ3) is 9.82. The first-order valence-corrected chi connectivity index (χ1v) is 33.6. The van der Waals surface area contributed by atoms with Crippen LogP contribution in [-0.4, -0.2) is 0 Å². The fraction of sp³-hybridized carbons (Fsp3) is 0.450. The van der Waals surface area contributed by atoms with Crippen molar-refractivity contribution in [3.05, 3.63) is 261 Å². The Labute approximate surface area is 502 Å². The molecule has 20 rings (SSSR count). The average molecular weight is 1110 g/mol. The molecule has 6 saturated carbocycles. The van der Waals surface area contributed by atoms with Crippen LogP contribution in [0.4, 0.5) is 0 Å². The maximum absolute atomic E-state index is 2.58. The van der Waals surface area contributed by atoms with E-state index in [1.807, 2.05) is 0 Å². The maximum atomic E-state index is 2.58. The van der Waals surface area contributed by atoms with E-state index in [-0.39, 0.29) is 0 Å². The van der Waals surface area contributed by atoms with Crippen LogP contribution in [0.3, 0.4) is 0 Å². The van der Waals surface area contributed by atoms with Crippen molar-refractivity contribution in [2.75, 3.05) is 0 Å². The van der Waals surface area contributed by atoms with E-state index in [0.717, 1.165) is 49.9 Å². The fourth-order valence-corrected chi connectivity index (χ4v) is 20.6. The lowest BCUT2D eigenvalue weighted by Crippen LogP contribution is -2.57. The lowest BCUT2D eigenvalue weighted by atomic mass is 9.43. The number of pyridine rings is 4. The summed E-state index contributed by atoms with van der Waals surface area (Å²) >= 11 is 0. The Morgan fingerprint density at radius 2 is 0.821 bits per heavy atom. The average Bonchev–Trinajstić information content (AvgIpc) is 1.66. The molecule has 4 aliphatic heterocycles. The van der Waals surface area contributed by atoms with Gasteiger partial charge in [0.05, 0.1) is 5.41 Å². The minimum absolute atomic E-state index is 0.419. The number of rotatable bonds is 0. The molecule has 426 valence electrons. The van der Waals surface area contributed by atoms with E-state index >= 15 is 0 Å². The molecule has 4 aromatic carbocycles. The van der Waals surface area contributed by atoms with E-state index in [2.05, 4.69) is 201 Å². The molecule has 4 aromatic heterocycles. The van der Waals surface area contributed by atoms with Gasteiger partial charge in [0, 0.05) is 95.5 Å². The Hall–Kier alpha value is -6.52. The van der Waals surface area contributed by atoms with Gasteiger partial charge >= 0.3 is 0 Å². The van der Waals surface area contributed by atoms with Crippen LogP contribution < -0.4 is 18.3 Å². The first-order chi connectivity index (χ1) is 41.4. The highest BCUT2D eigenvalue weighted by atomic mass is 15.0. The van der Waals surface area contributed by atoms with Gasteiger partial charge in [-0.25, -0.2) is 0 Å².